The largest absolute Gasteiger partial charge is 0.335 e. The lowest BCUT2D eigenvalue weighted by Gasteiger charge is -2.23. The minimum Gasteiger partial charge on any atom is -0.335 e. The molecular formula is C15H21N5O2. The molecule has 7 heteroatoms. The first-order chi connectivity index (χ1) is 10.7. The maximum atomic E-state index is 12.3. The summed E-state index contributed by atoms with van der Waals surface area (Å²) in [5, 5.41) is 3.37. The van der Waals surface area contributed by atoms with Gasteiger partial charge in [0.25, 0.3) is 5.56 Å². The van der Waals surface area contributed by atoms with Crippen LogP contribution >= 0.6 is 0 Å². The maximum Gasteiger partial charge on any atom is 0.330 e. The van der Waals surface area contributed by atoms with Crippen molar-refractivity contribution in [2.45, 2.75) is 57.0 Å². The van der Waals surface area contributed by atoms with Crippen LogP contribution in [0, 0.1) is 0 Å². The number of rotatable bonds is 2. The number of nitrogens with one attached hydrogen (secondary N) is 3. The standard InChI is InChI=1S/C15H21N5O2/c21-14-11-13(18-12(17-11)10-7-4-8-16-10)20(15(22)19-14)9-5-2-1-3-6-9/h9-10,16H,1-8H2,(H,17,18)(H,19,21,22). The molecule has 0 radical (unpaired) electrons. The number of hydrogen-bond acceptors (Lipinski definition) is 4. The predicted octanol–water partition coefficient (Wildman–Crippen LogP) is 1.34. The third-order valence-electron chi connectivity index (χ3n) is 4.93. The Hall–Kier alpha value is -1.89. The Kier molecular flexibility index (Phi) is 3.37. The van der Waals surface area contributed by atoms with Gasteiger partial charge in [0.1, 0.15) is 11.3 Å². The molecular weight excluding hydrogens is 282 g/mol. The first-order valence-electron chi connectivity index (χ1n) is 8.22. The highest BCUT2D eigenvalue weighted by molar-refractivity contribution is 5.70. The van der Waals surface area contributed by atoms with Crippen molar-refractivity contribution in [1.29, 1.82) is 0 Å². The molecule has 2 aliphatic rings. The summed E-state index contributed by atoms with van der Waals surface area (Å²) >= 11 is 0. The summed E-state index contributed by atoms with van der Waals surface area (Å²) in [6.07, 6.45) is 7.53. The van der Waals surface area contributed by atoms with Gasteiger partial charge in [0.05, 0.1) is 6.04 Å². The van der Waals surface area contributed by atoms with Crippen LogP contribution in [0.15, 0.2) is 9.59 Å². The van der Waals surface area contributed by atoms with Crippen LogP contribution in [-0.4, -0.2) is 26.1 Å². The van der Waals surface area contributed by atoms with Crippen molar-refractivity contribution in [3.63, 3.8) is 0 Å². The van der Waals surface area contributed by atoms with Crippen molar-refractivity contribution in [1.82, 2.24) is 24.8 Å². The van der Waals surface area contributed by atoms with Crippen LogP contribution < -0.4 is 16.6 Å². The summed E-state index contributed by atoms with van der Waals surface area (Å²) in [5.74, 6) is 0.771. The van der Waals surface area contributed by atoms with E-state index in [1.54, 1.807) is 4.57 Å². The highest BCUT2D eigenvalue weighted by atomic mass is 16.2. The van der Waals surface area contributed by atoms with Crippen molar-refractivity contribution in [2.75, 3.05) is 6.54 Å². The molecule has 3 N–H and O–H groups in total. The number of aromatic nitrogens is 4. The zero-order valence-corrected chi connectivity index (χ0v) is 12.5. The van der Waals surface area contributed by atoms with E-state index in [4.69, 9.17) is 0 Å². The lowest BCUT2D eigenvalue weighted by atomic mass is 9.95. The smallest absolute Gasteiger partial charge is 0.330 e. The molecule has 1 saturated heterocycles. The van der Waals surface area contributed by atoms with Crippen LogP contribution in [0.2, 0.25) is 0 Å². The monoisotopic (exact) mass is 303 g/mol. The van der Waals surface area contributed by atoms with Crippen molar-refractivity contribution in [2.24, 2.45) is 0 Å². The van der Waals surface area contributed by atoms with Gasteiger partial charge in [-0.2, -0.15) is 0 Å². The summed E-state index contributed by atoms with van der Waals surface area (Å²) in [5.41, 5.74) is 0.240. The SMILES string of the molecule is O=c1[nH]c(=O)n(C2CCCCC2)c2nc(C3CCCN3)[nH]c12. The molecule has 1 unspecified atom stereocenters. The zero-order chi connectivity index (χ0) is 15.1. The van der Waals surface area contributed by atoms with Crippen molar-refractivity contribution < 1.29 is 0 Å². The van der Waals surface area contributed by atoms with Gasteiger partial charge in [-0.25, -0.2) is 9.78 Å². The van der Waals surface area contributed by atoms with Gasteiger partial charge >= 0.3 is 5.69 Å². The van der Waals surface area contributed by atoms with E-state index in [1.807, 2.05) is 0 Å². The Morgan fingerprint density at radius 1 is 1.00 bits per heavy atom. The Morgan fingerprint density at radius 3 is 2.55 bits per heavy atom. The molecule has 0 amide bonds. The minimum absolute atomic E-state index is 0.147. The molecule has 0 bridgehead atoms. The van der Waals surface area contributed by atoms with Crippen molar-refractivity contribution in [3.05, 3.63) is 26.7 Å². The summed E-state index contributed by atoms with van der Waals surface area (Å²) < 4.78 is 1.70. The van der Waals surface area contributed by atoms with Gasteiger partial charge < -0.3 is 10.3 Å². The average molecular weight is 303 g/mol. The number of nitrogens with zero attached hydrogens (tertiary/aromatic N) is 2. The summed E-state index contributed by atoms with van der Waals surface area (Å²) in [6.45, 7) is 0.966. The topological polar surface area (TPSA) is 95.6 Å². The predicted molar refractivity (Wildman–Crippen MR) is 83.1 cm³/mol. The van der Waals surface area contributed by atoms with Crippen LogP contribution in [0.4, 0.5) is 0 Å². The van der Waals surface area contributed by atoms with E-state index in [0.29, 0.717) is 11.2 Å². The van der Waals surface area contributed by atoms with Gasteiger partial charge in [0.15, 0.2) is 5.65 Å². The van der Waals surface area contributed by atoms with E-state index in [1.165, 1.54) is 6.42 Å². The fourth-order valence-corrected chi connectivity index (χ4v) is 3.79. The van der Waals surface area contributed by atoms with Gasteiger partial charge in [0, 0.05) is 6.04 Å². The quantitative estimate of drug-likeness (QED) is 0.780. The highest BCUT2D eigenvalue weighted by Gasteiger charge is 2.25. The number of fused-ring (bicyclic) bond motifs is 1. The molecule has 2 fully saturated rings. The molecule has 2 aromatic rings. The van der Waals surface area contributed by atoms with E-state index in [-0.39, 0.29) is 23.3 Å². The lowest BCUT2D eigenvalue weighted by molar-refractivity contribution is 0.349. The molecule has 1 aliphatic heterocycles. The fourth-order valence-electron chi connectivity index (χ4n) is 3.79. The molecule has 22 heavy (non-hydrogen) atoms. The summed E-state index contributed by atoms with van der Waals surface area (Å²) in [4.78, 5) is 34.6. The maximum absolute atomic E-state index is 12.3. The third-order valence-corrected chi connectivity index (χ3v) is 4.93. The Labute approximate surface area is 127 Å². The van der Waals surface area contributed by atoms with E-state index in [9.17, 15) is 9.59 Å². The molecule has 1 saturated carbocycles. The number of hydrogen-bond donors (Lipinski definition) is 3. The molecule has 4 rings (SSSR count). The second-order valence-corrected chi connectivity index (χ2v) is 6.39. The molecule has 7 nitrogen and oxygen atoms in total. The van der Waals surface area contributed by atoms with Crippen LogP contribution in [0.3, 0.4) is 0 Å². The van der Waals surface area contributed by atoms with E-state index in [0.717, 1.165) is 50.9 Å². The first kappa shape index (κ1) is 13.8. The number of H-pyrrole nitrogens is 2. The number of aromatic amines is 2. The summed E-state index contributed by atoms with van der Waals surface area (Å²) in [7, 11) is 0. The second kappa shape index (κ2) is 5.39. The van der Waals surface area contributed by atoms with Gasteiger partial charge in [0.2, 0.25) is 0 Å². The molecule has 0 spiro atoms. The molecule has 1 atom stereocenters. The Morgan fingerprint density at radius 2 is 1.82 bits per heavy atom. The molecule has 118 valence electrons. The van der Waals surface area contributed by atoms with Gasteiger partial charge in [-0.15, -0.1) is 0 Å². The fraction of sp³-hybridized carbons (Fsp3) is 0.667. The zero-order valence-electron chi connectivity index (χ0n) is 12.5. The lowest BCUT2D eigenvalue weighted by Crippen LogP contribution is -2.33. The van der Waals surface area contributed by atoms with Crippen LogP contribution in [-0.2, 0) is 0 Å². The van der Waals surface area contributed by atoms with E-state index >= 15 is 0 Å². The minimum atomic E-state index is -0.371. The third kappa shape index (κ3) is 2.20. The molecule has 0 aromatic carbocycles. The summed E-state index contributed by atoms with van der Waals surface area (Å²) in [6, 6.07) is 0.301. The van der Waals surface area contributed by atoms with Crippen molar-refractivity contribution in [3.8, 4) is 0 Å². The molecule has 2 aromatic heterocycles. The van der Waals surface area contributed by atoms with Gasteiger partial charge in [-0.1, -0.05) is 19.3 Å². The number of imidazole rings is 1. The molecule has 1 aliphatic carbocycles. The van der Waals surface area contributed by atoms with Crippen molar-refractivity contribution >= 4 is 11.2 Å². The Bertz CT molecular complexity index is 790. The highest BCUT2D eigenvalue weighted by Crippen LogP contribution is 2.29. The molecule has 3 heterocycles. The average Bonchev–Trinajstić information content (AvgIpc) is 3.17. The van der Waals surface area contributed by atoms with Crippen LogP contribution in [0.1, 0.15) is 62.9 Å². The van der Waals surface area contributed by atoms with Crippen LogP contribution in [0.25, 0.3) is 11.2 Å². The van der Waals surface area contributed by atoms with Crippen LogP contribution in [0.5, 0.6) is 0 Å². The van der Waals surface area contributed by atoms with Gasteiger partial charge in [-0.3, -0.25) is 14.3 Å². The van der Waals surface area contributed by atoms with Gasteiger partial charge in [-0.05, 0) is 32.2 Å². The first-order valence-corrected chi connectivity index (χ1v) is 8.22. The Balaban J connectivity index is 1.87. The van der Waals surface area contributed by atoms with E-state index in [2.05, 4.69) is 20.3 Å². The van der Waals surface area contributed by atoms with E-state index < -0.39 is 0 Å². The second-order valence-electron chi connectivity index (χ2n) is 6.39. The normalized spacial score (nSPS) is 23.4.